The van der Waals surface area contributed by atoms with E-state index in [-0.39, 0.29) is 11.4 Å². The second-order valence-electron chi connectivity index (χ2n) is 13.2. The van der Waals surface area contributed by atoms with Gasteiger partial charge < -0.3 is 9.97 Å². The van der Waals surface area contributed by atoms with Gasteiger partial charge in [0.05, 0.1) is 33.2 Å². The predicted molar refractivity (Wildman–Crippen MR) is 195 cm³/mol. The zero-order valence-electron chi connectivity index (χ0n) is 28.7. The van der Waals surface area contributed by atoms with Gasteiger partial charge in [0.15, 0.2) is 0 Å². The molecule has 0 unspecified atom stereocenters. The topological polar surface area (TPSA) is 75.6 Å². The summed E-state index contributed by atoms with van der Waals surface area (Å²) in [6.07, 6.45) is 25.5. The first-order chi connectivity index (χ1) is 22.6. The fourth-order valence-electron chi connectivity index (χ4n) is 6.66. The first kappa shape index (κ1) is 35.4. The third-order valence-corrected chi connectivity index (χ3v) is 9.42. The molecule has 0 atom stereocenters. The average Bonchev–Trinajstić information content (AvgIpc) is 3.57. The molecule has 0 aliphatic heterocycles. The first-order valence-corrected chi connectivity index (χ1v) is 18.6. The highest BCUT2D eigenvalue weighted by molar-refractivity contribution is 5.84. The second-order valence-corrected chi connectivity index (χ2v) is 13.2. The molecular weight excluding hydrogens is 568 g/mol. The van der Waals surface area contributed by atoms with Crippen molar-refractivity contribution in [2.45, 2.75) is 155 Å². The maximum Gasteiger partial charge on any atom is 0.326 e. The number of para-hydroxylation sites is 2. The van der Waals surface area contributed by atoms with Crippen LogP contribution in [0.15, 0.2) is 46.0 Å². The Morgan fingerprint density at radius 3 is 1.15 bits per heavy atom. The summed E-state index contributed by atoms with van der Waals surface area (Å²) in [6, 6.07) is 11.9. The van der Waals surface area contributed by atoms with E-state index in [1.165, 1.54) is 103 Å². The van der Waals surface area contributed by atoms with Crippen LogP contribution in [-0.4, -0.2) is 19.1 Å². The second kappa shape index (κ2) is 19.9. The molecule has 0 radical (unpaired) electrons. The molecule has 2 aromatic heterocycles. The molecule has 0 aliphatic rings. The van der Waals surface area contributed by atoms with E-state index in [2.05, 4.69) is 35.7 Å². The lowest BCUT2D eigenvalue weighted by molar-refractivity contribution is 0.534. The number of nitrogens with one attached hydrogen (secondary N) is 2. The quantitative estimate of drug-likeness (QED) is 0.0673. The Labute approximate surface area is 276 Å². The summed E-state index contributed by atoms with van der Waals surface area (Å²) < 4.78 is 3.72. The first-order valence-electron chi connectivity index (χ1n) is 18.6. The van der Waals surface area contributed by atoms with Gasteiger partial charge in [0.1, 0.15) is 0 Å². The third kappa shape index (κ3) is 10.5. The molecule has 2 aromatic carbocycles. The zero-order chi connectivity index (χ0) is 32.4. The van der Waals surface area contributed by atoms with Gasteiger partial charge in [-0.15, -0.1) is 0 Å². The van der Waals surface area contributed by atoms with E-state index >= 15 is 0 Å². The van der Waals surface area contributed by atoms with Crippen LogP contribution >= 0.6 is 0 Å². The van der Waals surface area contributed by atoms with Crippen LogP contribution < -0.4 is 11.4 Å². The van der Waals surface area contributed by atoms with Crippen LogP contribution in [0.2, 0.25) is 0 Å². The number of imidazole rings is 2. The van der Waals surface area contributed by atoms with Gasteiger partial charge in [-0.3, -0.25) is 9.13 Å². The van der Waals surface area contributed by atoms with Crippen molar-refractivity contribution in [3.8, 4) is 11.8 Å². The number of rotatable bonds is 22. The third-order valence-electron chi connectivity index (χ3n) is 9.42. The van der Waals surface area contributed by atoms with Crippen molar-refractivity contribution in [2.24, 2.45) is 0 Å². The summed E-state index contributed by atoms with van der Waals surface area (Å²) in [7, 11) is 0. The summed E-state index contributed by atoms with van der Waals surface area (Å²) in [5.41, 5.74) is 4.81. The monoisotopic (exact) mass is 626 g/mol. The fourth-order valence-corrected chi connectivity index (χ4v) is 6.66. The highest BCUT2D eigenvalue weighted by Crippen LogP contribution is 2.19. The van der Waals surface area contributed by atoms with Crippen molar-refractivity contribution in [3.05, 3.63) is 68.5 Å². The fraction of sp³-hybridized carbons (Fsp3) is 0.600. The van der Waals surface area contributed by atoms with Crippen LogP contribution in [0, 0.1) is 11.8 Å². The number of aromatic nitrogens is 4. The molecule has 0 amide bonds. The lowest BCUT2D eigenvalue weighted by atomic mass is 10.1. The Morgan fingerprint density at radius 2 is 0.804 bits per heavy atom. The Kier molecular flexibility index (Phi) is 15.3. The zero-order valence-corrected chi connectivity index (χ0v) is 28.7. The number of unbranched alkanes of at least 4 members (excludes halogenated alkanes) is 18. The molecule has 2 N–H and O–H groups in total. The van der Waals surface area contributed by atoms with E-state index < -0.39 is 0 Å². The van der Waals surface area contributed by atoms with Crippen molar-refractivity contribution in [1.82, 2.24) is 19.1 Å². The summed E-state index contributed by atoms with van der Waals surface area (Å²) >= 11 is 0. The van der Waals surface area contributed by atoms with Crippen LogP contribution in [0.25, 0.3) is 22.1 Å². The van der Waals surface area contributed by atoms with Crippen molar-refractivity contribution in [2.75, 3.05) is 0 Å². The average molecular weight is 627 g/mol. The minimum Gasteiger partial charge on any atom is -0.304 e. The van der Waals surface area contributed by atoms with Gasteiger partial charge in [0, 0.05) is 13.1 Å². The van der Waals surface area contributed by atoms with E-state index in [1.54, 1.807) is 0 Å². The van der Waals surface area contributed by atoms with E-state index in [9.17, 15) is 9.59 Å². The molecule has 0 saturated heterocycles. The van der Waals surface area contributed by atoms with Gasteiger partial charge in [-0.1, -0.05) is 153 Å². The molecule has 0 saturated carbocycles. The van der Waals surface area contributed by atoms with E-state index in [4.69, 9.17) is 0 Å². The number of hydrogen-bond acceptors (Lipinski definition) is 2. The molecule has 0 aliphatic carbocycles. The van der Waals surface area contributed by atoms with Crippen molar-refractivity contribution >= 4 is 22.1 Å². The van der Waals surface area contributed by atoms with Crippen LogP contribution in [-0.2, 0) is 13.1 Å². The van der Waals surface area contributed by atoms with Gasteiger partial charge in [-0.2, -0.15) is 0 Å². The molecule has 4 aromatic rings. The molecule has 46 heavy (non-hydrogen) atoms. The molecule has 2 heterocycles. The molecule has 0 fully saturated rings. The molecule has 0 spiro atoms. The maximum atomic E-state index is 12.9. The van der Waals surface area contributed by atoms with Crippen molar-refractivity contribution in [1.29, 1.82) is 0 Å². The van der Waals surface area contributed by atoms with Gasteiger partial charge in [-0.05, 0) is 37.1 Å². The summed E-state index contributed by atoms with van der Waals surface area (Å²) in [5.74, 6) is 6.59. The van der Waals surface area contributed by atoms with E-state index in [1.807, 2.05) is 45.5 Å². The smallest absolute Gasteiger partial charge is 0.304 e. The standard InChI is InChI=1S/C40H58N4O2/c1-3-5-7-9-11-13-15-17-19-21-31-43-35-27-23-25-33(37(35)41-39(43)45)29-30-34-26-24-28-36-38(34)42-40(46)44(36)32-22-20-18-16-14-12-10-8-6-4-2/h23-28H,3-22,31-32H2,1-2H3,(H,41,45)(H,42,46). The van der Waals surface area contributed by atoms with Gasteiger partial charge in [-0.25, -0.2) is 9.59 Å². The highest BCUT2D eigenvalue weighted by Gasteiger charge is 2.11. The largest absolute Gasteiger partial charge is 0.326 e. The van der Waals surface area contributed by atoms with Gasteiger partial charge in [0.2, 0.25) is 0 Å². The number of aromatic amines is 2. The van der Waals surface area contributed by atoms with Crippen LogP contribution in [0.4, 0.5) is 0 Å². The molecule has 4 rings (SSSR count). The Morgan fingerprint density at radius 1 is 0.478 bits per heavy atom. The van der Waals surface area contributed by atoms with E-state index in [0.29, 0.717) is 0 Å². The molecule has 0 bridgehead atoms. The normalized spacial score (nSPS) is 11.4. The van der Waals surface area contributed by atoms with Crippen LogP contribution in [0.5, 0.6) is 0 Å². The lowest BCUT2D eigenvalue weighted by Gasteiger charge is -2.05. The number of nitrogens with zero attached hydrogens (tertiary/aromatic N) is 2. The minimum atomic E-state index is -0.0735. The molecular formula is C40H58N4O2. The Bertz CT molecular complexity index is 1520. The number of hydrogen-bond donors (Lipinski definition) is 2. The molecule has 250 valence electrons. The SMILES string of the molecule is CCCCCCCCCCCCn1c(=O)[nH]c2c(C#Cc3cccc4c3[nH]c(=O)n4CCCCCCCCCCCC)cccc21. The summed E-state index contributed by atoms with van der Waals surface area (Å²) in [5, 5.41) is 0. The maximum absolute atomic E-state index is 12.9. The minimum absolute atomic E-state index is 0.0735. The van der Waals surface area contributed by atoms with Crippen molar-refractivity contribution < 1.29 is 0 Å². The molecule has 6 nitrogen and oxygen atoms in total. The lowest BCUT2D eigenvalue weighted by Crippen LogP contribution is -2.16. The summed E-state index contributed by atoms with van der Waals surface area (Å²) in [4.78, 5) is 31.9. The van der Waals surface area contributed by atoms with Gasteiger partial charge >= 0.3 is 11.4 Å². The number of H-pyrrole nitrogens is 2. The highest BCUT2D eigenvalue weighted by atomic mass is 16.1. The Balaban J connectivity index is 1.32. The number of aryl methyl sites for hydroxylation is 2. The van der Waals surface area contributed by atoms with Crippen LogP contribution in [0.1, 0.15) is 153 Å². The predicted octanol–water partition coefficient (Wildman–Crippen LogP) is 10.2. The summed E-state index contributed by atoms with van der Waals surface area (Å²) in [6.45, 7) is 5.96. The number of benzene rings is 2. The van der Waals surface area contributed by atoms with Crippen LogP contribution in [0.3, 0.4) is 0 Å². The van der Waals surface area contributed by atoms with E-state index in [0.717, 1.165) is 72.0 Å². The van der Waals surface area contributed by atoms with Crippen molar-refractivity contribution in [3.63, 3.8) is 0 Å². The number of fused-ring (bicyclic) bond motifs is 2. The molecule has 6 heteroatoms. The Hall–Kier alpha value is -3.46. The van der Waals surface area contributed by atoms with Gasteiger partial charge in [0.25, 0.3) is 0 Å².